The standard InChI is InChI=1S/C12H17NO/c14-12-8-4-7-11(12)13-9-10-5-2-1-3-6-10/h1-3,5-6,11-14H,4,7-9H2. The summed E-state index contributed by atoms with van der Waals surface area (Å²) < 4.78 is 0. The van der Waals surface area contributed by atoms with Gasteiger partial charge in [0, 0.05) is 12.6 Å². The summed E-state index contributed by atoms with van der Waals surface area (Å²) >= 11 is 0. The van der Waals surface area contributed by atoms with E-state index in [4.69, 9.17) is 0 Å². The average Bonchev–Trinajstić information content (AvgIpc) is 2.63. The van der Waals surface area contributed by atoms with Gasteiger partial charge in [0.15, 0.2) is 0 Å². The molecule has 2 rings (SSSR count). The fourth-order valence-corrected chi connectivity index (χ4v) is 2.02. The highest BCUT2D eigenvalue weighted by atomic mass is 16.3. The second-order valence-corrected chi connectivity index (χ2v) is 3.97. The molecular formula is C12H17NO. The van der Waals surface area contributed by atoms with E-state index in [2.05, 4.69) is 17.4 Å². The topological polar surface area (TPSA) is 32.3 Å². The zero-order chi connectivity index (χ0) is 9.80. The third kappa shape index (κ3) is 2.34. The van der Waals surface area contributed by atoms with Crippen molar-refractivity contribution < 1.29 is 5.11 Å². The first-order chi connectivity index (χ1) is 6.86. The van der Waals surface area contributed by atoms with Crippen molar-refractivity contribution in [2.45, 2.75) is 38.0 Å². The van der Waals surface area contributed by atoms with Crippen molar-refractivity contribution >= 4 is 0 Å². The number of nitrogens with one attached hydrogen (secondary N) is 1. The molecule has 1 aromatic rings. The lowest BCUT2D eigenvalue weighted by Gasteiger charge is -2.16. The molecule has 76 valence electrons. The second kappa shape index (κ2) is 4.58. The van der Waals surface area contributed by atoms with Crippen molar-refractivity contribution in [3.8, 4) is 0 Å². The van der Waals surface area contributed by atoms with Crippen molar-refractivity contribution in [1.29, 1.82) is 0 Å². The Hall–Kier alpha value is -0.860. The molecular weight excluding hydrogens is 174 g/mol. The van der Waals surface area contributed by atoms with Gasteiger partial charge in [-0.2, -0.15) is 0 Å². The molecule has 0 aromatic heterocycles. The molecule has 2 N–H and O–H groups in total. The molecule has 2 unspecified atom stereocenters. The highest BCUT2D eigenvalue weighted by molar-refractivity contribution is 5.14. The van der Waals surface area contributed by atoms with Gasteiger partial charge in [0.05, 0.1) is 6.10 Å². The molecule has 2 heteroatoms. The van der Waals surface area contributed by atoms with Crippen LogP contribution < -0.4 is 5.32 Å². The predicted molar refractivity (Wildman–Crippen MR) is 56.9 cm³/mol. The van der Waals surface area contributed by atoms with Crippen molar-refractivity contribution in [3.63, 3.8) is 0 Å². The maximum absolute atomic E-state index is 9.60. The van der Waals surface area contributed by atoms with Crippen LogP contribution in [-0.2, 0) is 6.54 Å². The van der Waals surface area contributed by atoms with Crippen molar-refractivity contribution in [2.24, 2.45) is 0 Å². The van der Waals surface area contributed by atoms with E-state index in [1.54, 1.807) is 0 Å². The van der Waals surface area contributed by atoms with Crippen LogP contribution in [0.1, 0.15) is 24.8 Å². The zero-order valence-corrected chi connectivity index (χ0v) is 8.32. The van der Waals surface area contributed by atoms with Crippen LogP contribution in [0.4, 0.5) is 0 Å². The minimum atomic E-state index is -0.140. The Morgan fingerprint density at radius 3 is 2.64 bits per heavy atom. The third-order valence-corrected chi connectivity index (χ3v) is 2.89. The molecule has 1 aliphatic carbocycles. The van der Waals surface area contributed by atoms with E-state index in [-0.39, 0.29) is 6.10 Å². The van der Waals surface area contributed by atoms with Gasteiger partial charge in [-0.1, -0.05) is 30.3 Å². The first-order valence-electron chi connectivity index (χ1n) is 5.31. The summed E-state index contributed by atoms with van der Waals surface area (Å²) in [4.78, 5) is 0. The van der Waals surface area contributed by atoms with Gasteiger partial charge in [0.2, 0.25) is 0 Å². The molecule has 0 bridgehead atoms. The third-order valence-electron chi connectivity index (χ3n) is 2.89. The van der Waals surface area contributed by atoms with Crippen LogP contribution in [0.2, 0.25) is 0 Å². The number of hydrogen-bond acceptors (Lipinski definition) is 2. The van der Waals surface area contributed by atoms with Gasteiger partial charge in [-0.15, -0.1) is 0 Å². The lowest BCUT2D eigenvalue weighted by molar-refractivity contribution is 0.148. The minimum Gasteiger partial charge on any atom is -0.392 e. The SMILES string of the molecule is OC1CCCC1NCc1ccccc1. The van der Waals surface area contributed by atoms with Gasteiger partial charge in [0.25, 0.3) is 0 Å². The van der Waals surface area contributed by atoms with Gasteiger partial charge in [-0.3, -0.25) is 0 Å². The van der Waals surface area contributed by atoms with Crippen molar-refractivity contribution in [1.82, 2.24) is 5.32 Å². The fourth-order valence-electron chi connectivity index (χ4n) is 2.02. The second-order valence-electron chi connectivity index (χ2n) is 3.97. The number of rotatable bonds is 3. The van der Waals surface area contributed by atoms with Crippen LogP contribution in [0, 0.1) is 0 Å². The van der Waals surface area contributed by atoms with E-state index in [0.29, 0.717) is 6.04 Å². The summed E-state index contributed by atoms with van der Waals surface area (Å²) in [6.07, 6.45) is 3.06. The molecule has 14 heavy (non-hydrogen) atoms. The Kier molecular flexibility index (Phi) is 3.17. The lowest BCUT2D eigenvalue weighted by Crippen LogP contribution is -2.34. The highest BCUT2D eigenvalue weighted by Gasteiger charge is 2.24. The van der Waals surface area contributed by atoms with E-state index in [9.17, 15) is 5.11 Å². The Labute approximate surface area is 85.0 Å². The van der Waals surface area contributed by atoms with E-state index < -0.39 is 0 Å². The number of hydrogen-bond donors (Lipinski definition) is 2. The van der Waals surface area contributed by atoms with Gasteiger partial charge in [0.1, 0.15) is 0 Å². The van der Waals surface area contributed by atoms with Crippen LogP contribution in [-0.4, -0.2) is 17.3 Å². The molecule has 2 atom stereocenters. The monoisotopic (exact) mass is 191 g/mol. The van der Waals surface area contributed by atoms with E-state index in [1.807, 2.05) is 18.2 Å². The maximum atomic E-state index is 9.60. The summed E-state index contributed by atoms with van der Waals surface area (Å²) in [7, 11) is 0. The predicted octanol–water partition coefficient (Wildman–Crippen LogP) is 1.69. The number of aliphatic hydroxyl groups is 1. The van der Waals surface area contributed by atoms with E-state index >= 15 is 0 Å². The molecule has 2 nitrogen and oxygen atoms in total. The Morgan fingerprint density at radius 1 is 1.21 bits per heavy atom. The first kappa shape index (κ1) is 9.69. The molecule has 0 heterocycles. The molecule has 1 aliphatic rings. The molecule has 0 saturated heterocycles. The van der Waals surface area contributed by atoms with Crippen LogP contribution >= 0.6 is 0 Å². The van der Waals surface area contributed by atoms with Crippen molar-refractivity contribution in [2.75, 3.05) is 0 Å². The Morgan fingerprint density at radius 2 is 2.00 bits per heavy atom. The summed E-state index contributed by atoms with van der Waals surface area (Å²) in [5, 5.41) is 13.0. The molecule has 1 aromatic carbocycles. The quantitative estimate of drug-likeness (QED) is 0.762. The van der Waals surface area contributed by atoms with E-state index in [0.717, 1.165) is 25.8 Å². The molecule has 0 amide bonds. The van der Waals surface area contributed by atoms with Crippen LogP contribution in [0.25, 0.3) is 0 Å². The molecule has 0 aliphatic heterocycles. The lowest BCUT2D eigenvalue weighted by atomic mass is 10.2. The maximum Gasteiger partial charge on any atom is 0.0693 e. The Balaban J connectivity index is 1.82. The summed E-state index contributed by atoms with van der Waals surface area (Å²) in [6.45, 7) is 0.864. The fraction of sp³-hybridized carbons (Fsp3) is 0.500. The zero-order valence-electron chi connectivity index (χ0n) is 8.32. The molecule has 0 spiro atoms. The largest absolute Gasteiger partial charge is 0.392 e. The summed E-state index contributed by atoms with van der Waals surface area (Å²) in [5.74, 6) is 0. The molecule has 1 fully saturated rings. The highest BCUT2D eigenvalue weighted by Crippen LogP contribution is 2.19. The first-order valence-corrected chi connectivity index (χ1v) is 5.31. The number of aliphatic hydroxyl groups excluding tert-OH is 1. The molecule has 1 saturated carbocycles. The van der Waals surface area contributed by atoms with Crippen LogP contribution in [0.15, 0.2) is 30.3 Å². The van der Waals surface area contributed by atoms with Gasteiger partial charge in [-0.05, 0) is 24.8 Å². The Bertz CT molecular complexity index is 273. The van der Waals surface area contributed by atoms with Crippen LogP contribution in [0.5, 0.6) is 0 Å². The minimum absolute atomic E-state index is 0.140. The van der Waals surface area contributed by atoms with E-state index in [1.165, 1.54) is 5.56 Å². The average molecular weight is 191 g/mol. The summed E-state index contributed by atoms with van der Waals surface area (Å²) in [5.41, 5.74) is 1.28. The van der Waals surface area contributed by atoms with Crippen molar-refractivity contribution in [3.05, 3.63) is 35.9 Å². The number of benzene rings is 1. The smallest absolute Gasteiger partial charge is 0.0693 e. The van der Waals surface area contributed by atoms with Gasteiger partial charge < -0.3 is 10.4 Å². The normalized spacial score (nSPS) is 26.6. The van der Waals surface area contributed by atoms with Gasteiger partial charge >= 0.3 is 0 Å². The molecule has 0 radical (unpaired) electrons. The summed E-state index contributed by atoms with van der Waals surface area (Å²) in [6, 6.07) is 10.6. The van der Waals surface area contributed by atoms with Crippen LogP contribution in [0.3, 0.4) is 0 Å². The van der Waals surface area contributed by atoms with Gasteiger partial charge in [-0.25, -0.2) is 0 Å².